The van der Waals surface area contributed by atoms with E-state index in [1.54, 1.807) is 18.0 Å². The Balaban J connectivity index is 2.28. The molecule has 1 aromatic heterocycles. The van der Waals surface area contributed by atoms with Gasteiger partial charge in [0.05, 0.1) is 17.9 Å². The monoisotopic (exact) mass is 207 g/mol. The third-order valence-electron chi connectivity index (χ3n) is 2.06. The summed E-state index contributed by atoms with van der Waals surface area (Å²) in [4.78, 5) is 13.2. The summed E-state index contributed by atoms with van der Waals surface area (Å²) in [7, 11) is 0. The number of aliphatic imine (C=N–C) groups is 1. The number of hydrogen-bond donors (Lipinski definition) is 0. The molecule has 3 nitrogen and oxygen atoms in total. The van der Waals surface area contributed by atoms with Gasteiger partial charge in [-0.25, -0.2) is 4.98 Å². The molecule has 0 fully saturated rings. The normalized spacial score (nSPS) is 21.0. The molecule has 0 radical (unpaired) electrons. The Morgan fingerprint density at radius 3 is 3.00 bits per heavy atom. The lowest BCUT2D eigenvalue weighted by Crippen LogP contribution is -2.00. The Kier molecular flexibility index (Phi) is 2.82. The Morgan fingerprint density at radius 1 is 1.50 bits per heavy atom. The van der Waals surface area contributed by atoms with Gasteiger partial charge in [-0.2, -0.15) is 0 Å². The van der Waals surface area contributed by atoms with E-state index in [4.69, 9.17) is 0 Å². The maximum absolute atomic E-state index is 4.51. The predicted molar refractivity (Wildman–Crippen MR) is 59.9 cm³/mol. The van der Waals surface area contributed by atoms with Crippen LogP contribution in [-0.2, 0) is 6.42 Å². The van der Waals surface area contributed by atoms with Crippen molar-refractivity contribution in [2.24, 2.45) is 4.99 Å². The highest BCUT2D eigenvalue weighted by Crippen LogP contribution is 2.21. The van der Waals surface area contributed by atoms with Crippen LogP contribution in [0.5, 0.6) is 0 Å². The van der Waals surface area contributed by atoms with Crippen molar-refractivity contribution in [3.05, 3.63) is 23.8 Å². The molecule has 0 bridgehead atoms. The zero-order valence-electron chi connectivity index (χ0n) is 8.40. The maximum Gasteiger partial charge on any atom is 0.118 e. The molecule has 0 amide bonds. The average Bonchev–Trinajstić information content (AvgIpc) is 2.65. The van der Waals surface area contributed by atoms with E-state index >= 15 is 0 Å². The van der Waals surface area contributed by atoms with Crippen molar-refractivity contribution in [2.75, 3.05) is 5.75 Å². The van der Waals surface area contributed by atoms with Crippen molar-refractivity contribution in [3.8, 4) is 0 Å². The molecule has 2 rings (SSSR count). The van der Waals surface area contributed by atoms with Crippen LogP contribution in [0.4, 0.5) is 0 Å². The second-order valence-electron chi connectivity index (χ2n) is 3.34. The Bertz CT molecular complexity index is 362. The quantitative estimate of drug-likeness (QED) is 0.743. The summed E-state index contributed by atoms with van der Waals surface area (Å²) >= 11 is 1.77. The molecule has 1 aromatic rings. The highest BCUT2D eigenvalue weighted by Gasteiger charge is 2.16. The van der Waals surface area contributed by atoms with Gasteiger partial charge in [0.15, 0.2) is 0 Å². The van der Waals surface area contributed by atoms with Crippen LogP contribution in [0.3, 0.4) is 0 Å². The summed E-state index contributed by atoms with van der Waals surface area (Å²) in [5.41, 5.74) is 1.96. The number of hydrogen-bond acceptors (Lipinski definition) is 4. The van der Waals surface area contributed by atoms with E-state index in [9.17, 15) is 0 Å². The van der Waals surface area contributed by atoms with Crippen molar-refractivity contribution in [3.63, 3.8) is 0 Å². The standard InChI is InChI=1S/C10H13N3S/c1-3-8-4-11-5-9(13-8)10-12-7(2)6-14-10/h4-5,7H,3,6H2,1-2H3. The van der Waals surface area contributed by atoms with Crippen LogP contribution in [0.1, 0.15) is 25.2 Å². The predicted octanol–water partition coefficient (Wildman–Crippen LogP) is 1.92. The lowest BCUT2D eigenvalue weighted by molar-refractivity contribution is 0.864. The van der Waals surface area contributed by atoms with Crippen LogP contribution >= 0.6 is 11.8 Å². The van der Waals surface area contributed by atoms with E-state index in [1.165, 1.54) is 0 Å². The SMILES string of the molecule is CCc1cncc(C2=NC(C)CS2)n1. The summed E-state index contributed by atoms with van der Waals surface area (Å²) < 4.78 is 0. The highest BCUT2D eigenvalue weighted by atomic mass is 32.2. The Morgan fingerprint density at radius 2 is 2.36 bits per heavy atom. The molecule has 74 valence electrons. The Hall–Kier alpha value is -0.900. The number of thioether (sulfide) groups is 1. The molecular weight excluding hydrogens is 194 g/mol. The molecule has 0 aliphatic carbocycles. The largest absolute Gasteiger partial charge is 0.272 e. The molecule has 1 aliphatic rings. The van der Waals surface area contributed by atoms with Gasteiger partial charge >= 0.3 is 0 Å². The fraction of sp³-hybridized carbons (Fsp3) is 0.500. The van der Waals surface area contributed by atoms with E-state index in [0.29, 0.717) is 6.04 Å². The first-order chi connectivity index (χ1) is 6.79. The third-order valence-corrected chi connectivity index (χ3v) is 3.30. The topological polar surface area (TPSA) is 38.1 Å². The summed E-state index contributed by atoms with van der Waals surface area (Å²) in [6.45, 7) is 4.21. The summed E-state index contributed by atoms with van der Waals surface area (Å²) in [6, 6.07) is 0.419. The van der Waals surface area contributed by atoms with E-state index < -0.39 is 0 Å². The number of nitrogens with zero attached hydrogens (tertiary/aromatic N) is 3. The van der Waals surface area contributed by atoms with Gasteiger partial charge in [0.2, 0.25) is 0 Å². The smallest absolute Gasteiger partial charge is 0.118 e. The zero-order chi connectivity index (χ0) is 9.97. The fourth-order valence-electron chi connectivity index (χ4n) is 1.29. The fourth-order valence-corrected chi connectivity index (χ4v) is 2.27. The molecule has 4 heteroatoms. The molecule has 1 atom stereocenters. The number of aromatic nitrogens is 2. The van der Waals surface area contributed by atoms with E-state index in [-0.39, 0.29) is 0 Å². The van der Waals surface area contributed by atoms with E-state index in [1.807, 2.05) is 6.20 Å². The Labute approximate surface area is 88.1 Å². The first-order valence-electron chi connectivity index (χ1n) is 4.81. The first kappa shape index (κ1) is 9.65. The maximum atomic E-state index is 4.51. The molecule has 0 N–H and O–H groups in total. The van der Waals surface area contributed by atoms with Crippen molar-refractivity contribution in [1.82, 2.24) is 9.97 Å². The minimum absolute atomic E-state index is 0.419. The first-order valence-corrected chi connectivity index (χ1v) is 5.80. The van der Waals surface area contributed by atoms with Crippen LogP contribution in [-0.4, -0.2) is 26.8 Å². The average molecular weight is 207 g/mol. The van der Waals surface area contributed by atoms with Crippen molar-refractivity contribution in [2.45, 2.75) is 26.3 Å². The second-order valence-corrected chi connectivity index (χ2v) is 4.35. The van der Waals surface area contributed by atoms with Gasteiger partial charge in [-0.3, -0.25) is 9.98 Å². The summed E-state index contributed by atoms with van der Waals surface area (Å²) in [6.07, 6.45) is 4.53. The molecular formula is C10H13N3S. The minimum Gasteiger partial charge on any atom is -0.272 e. The van der Waals surface area contributed by atoms with Gasteiger partial charge in [-0.15, -0.1) is 11.8 Å². The number of aryl methyl sites for hydroxylation is 1. The van der Waals surface area contributed by atoms with Crippen molar-refractivity contribution < 1.29 is 0 Å². The summed E-state index contributed by atoms with van der Waals surface area (Å²) in [5, 5.41) is 1.04. The molecule has 14 heavy (non-hydrogen) atoms. The van der Waals surface area contributed by atoms with Gasteiger partial charge in [-0.1, -0.05) is 6.92 Å². The van der Waals surface area contributed by atoms with Gasteiger partial charge in [0.1, 0.15) is 10.7 Å². The lowest BCUT2D eigenvalue weighted by Gasteiger charge is -2.00. The van der Waals surface area contributed by atoms with Crippen molar-refractivity contribution >= 4 is 16.8 Å². The van der Waals surface area contributed by atoms with Crippen LogP contribution < -0.4 is 0 Å². The molecule has 1 unspecified atom stereocenters. The van der Waals surface area contributed by atoms with Crippen LogP contribution in [0.25, 0.3) is 0 Å². The summed E-state index contributed by atoms with van der Waals surface area (Å²) in [5.74, 6) is 1.06. The molecule has 1 aliphatic heterocycles. The third kappa shape index (κ3) is 1.95. The van der Waals surface area contributed by atoms with Gasteiger partial charge in [0, 0.05) is 11.9 Å². The number of rotatable bonds is 2. The van der Waals surface area contributed by atoms with Crippen LogP contribution in [0.15, 0.2) is 17.4 Å². The van der Waals surface area contributed by atoms with E-state index in [0.717, 1.165) is 28.6 Å². The van der Waals surface area contributed by atoms with Crippen LogP contribution in [0, 0.1) is 0 Å². The zero-order valence-corrected chi connectivity index (χ0v) is 9.21. The lowest BCUT2D eigenvalue weighted by atomic mass is 10.3. The van der Waals surface area contributed by atoms with Crippen LogP contribution in [0.2, 0.25) is 0 Å². The van der Waals surface area contributed by atoms with Crippen molar-refractivity contribution in [1.29, 1.82) is 0 Å². The minimum atomic E-state index is 0.419. The van der Waals surface area contributed by atoms with Gasteiger partial charge in [0.25, 0.3) is 0 Å². The van der Waals surface area contributed by atoms with Gasteiger partial charge < -0.3 is 0 Å². The molecule has 2 heterocycles. The molecule has 0 saturated heterocycles. The van der Waals surface area contributed by atoms with E-state index in [2.05, 4.69) is 28.8 Å². The molecule has 0 aromatic carbocycles. The second kappa shape index (κ2) is 4.09. The molecule has 0 spiro atoms. The highest BCUT2D eigenvalue weighted by molar-refractivity contribution is 8.14. The van der Waals surface area contributed by atoms with Gasteiger partial charge in [-0.05, 0) is 13.3 Å². The molecule has 0 saturated carbocycles.